The Hall–Kier alpha value is -0.810. The Morgan fingerprint density at radius 3 is 2.65 bits per heavy atom. The third-order valence-electron chi connectivity index (χ3n) is 3.07. The van der Waals surface area contributed by atoms with Gasteiger partial charge in [-0.2, -0.15) is 0 Å². The van der Waals surface area contributed by atoms with Gasteiger partial charge in [0.2, 0.25) is 5.91 Å². The maximum Gasteiger partial charge on any atom is 0.310 e. The first-order valence-corrected chi connectivity index (χ1v) is 6.08. The number of piperidine rings is 1. The number of carbonyl (C=O) groups is 2. The molecule has 0 aromatic carbocycles. The number of hydrogen-bond donors (Lipinski definition) is 1. The number of halogens is 1. The zero-order valence-corrected chi connectivity index (χ0v) is 10.8. The van der Waals surface area contributed by atoms with Gasteiger partial charge in [-0.1, -0.05) is 0 Å². The lowest BCUT2D eigenvalue weighted by molar-refractivity contribution is -0.151. The molecule has 1 N–H and O–H groups in total. The van der Waals surface area contributed by atoms with Gasteiger partial charge in [0.05, 0.1) is 25.7 Å². The van der Waals surface area contributed by atoms with E-state index in [9.17, 15) is 14.7 Å². The maximum absolute atomic E-state index is 11.9. The maximum atomic E-state index is 11.9. The van der Waals surface area contributed by atoms with Crippen LogP contribution in [0.15, 0.2) is 0 Å². The van der Waals surface area contributed by atoms with Crippen LogP contribution in [0.2, 0.25) is 0 Å². The Kier molecular flexibility index (Phi) is 5.21. The van der Waals surface area contributed by atoms with Crippen LogP contribution in [0.3, 0.4) is 0 Å². The average molecular weight is 264 g/mol. The van der Waals surface area contributed by atoms with Crippen LogP contribution in [0.5, 0.6) is 0 Å². The highest BCUT2D eigenvalue weighted by Crippen LogP contribution is 2.24. The Balaban J connectivity index is 2.75. The molecule has 3 atom stereocenters. The summed E-state index contributed by atoms with van der Waals surface area (Å²) < 4.78 is 4.67. The van der Waals surface area contributed by atoms with Crippen molar-refractivity contribution >= 4 is 23.5 Å². The molecule has 1 unspecified atom stereocenters. The number of carbonyl (C=O) groups excluding carboxylic acids is 2. The van der Waals surface area contributed by atoms with Crippen LogP contribution in [0.25, 0.3) is 0 Å². The Morgan fingerprint density at radius 1 is 1.53 bits per heavy atom. The quantitative estimate of drug-likeness (QED) is 0.591. The number of aliphatic hydroxyl groups is 1. The van der Waals surface area contributed by atoms with Gasteiger partial charge >= 0.3 is 5.97 Å². The van der Waals surface area contributed by atoms with Crippen molar-refractivity contribution in [1.82, 2.24) is 4.90 Å². The van der Waals surface area contributed by atoms with Gasteiger partial charge < -0.3 is 14.7 Å². The lowest BCUT2D eigenvalue weighted by Gasteiger charge is -2.38. The van der Waals surface area contributed by atoms with Crippen molar-refractivity contribution < 1.29 is 19.4 Å². The van der Waals surface area contributed by atoms with Gasteiger partial charge in [-0.3, -0.25) is 9.59 Å². The highest BCUT2D eigenvalue weighted by Gasteiger charge is 2.35. The molecule has 17 heavy (non-hydrogen) atoms. The largest absolute Gasteiger partial charge is 0.469 e. The summed E-state index contributed by atoms with van der Waals surface area (Å²) >= 11 is 5.76. The fourth-order valence-electron chi connectivity index (χ4n) is 2.07. The fourth-order valence-corrected chi connectivity index (χ4v) is 2.20. The summed E-state index contributed by atoms with van der Waals surface area (Å²) in [7, 11) is 1.33. The van der Waals surface area contributed by atoms with Crippen molar-refractivity contribution in [2.24, 2.45) is 5.92 Å². The number of rotatable bonds is 3. The molecular weight excluding hydrogens is 246 g/mol. The molecule has 0 aromatic heterocycles. The first-order chi connectivity index (χ1) is 8.01. The molecule has 0 radical (unpaired) electrons. The van der Waals surface area contributed by atoms with E-state index in [0.717, 1.165) is 0 Å². The number of nitrogens with zero attached hydrogens (tertiary/aromatic N) is 1. The van der Waals surface area contributed by atoms with Gasteiger partial charge in [-0.05, 0) is 19.8 Å². The third-order valence-corrected chi connectivity index (χ3v) is 3.26. The van der Waals surface area contributed by atoms with E-state index in [-0.39, 0.29) is 37.0 Å². The molecule has 0 spiro atoms. The zero-order valence-electron chi connectivity index (χ0n) is 10.1. The molecule has 1 fully saturated rings. The van der Waals surface area contributed by atoms with Crippen molar-refractivity contribution in [2.75, 3.05) is 20.3 Å². The molecule has 0 aromatic rings. The Morgan fingerprint density at radius 2 is 2.18 bits per heavy atom. The standard InChI is InChI=1S/C11H18ClNO4/c1-7(12)10(15)13-5-8(11(16)17-2)3-4-9(13)6-14/h7-9,14H,3-6H2,1-2H3/t7?,8-,9+/m1/s1. The zero-order chi connectivity index (χ0) is 13.0. The summed E-state index contributed by atoms with van der Waals surface area (Å²) in [5.41, 5.74) is 0. The molecule has 98 valence electrons. The summed E-state index contributed by atoms with van der Waals surface area (Å²) in [5, 5.41) is 8.57. The molecule has 1 aliphatic heterocycles. The van der Waals surface area contributed by atoms with Crippen LogP contribution in [0.1, 0.15) is 19.8 Å². The monoisotopic (exact) mass is 263 g/mol. The molecule has 1 rings (SSSR count). The number of likely N-dealkylation sites (tertiary alicyclic amines) is 1. The first-order valence-electron chi connectivity index (χ1n) is 5.64. The molecule has 6 heteroatoms. The summed E-state index contributed by atoms with van der Waals surface area (Å²) in [6, 6.07) is -0.246. The van der Waals surface area contributed by atoms with Crippen LogP contribution in [-0.2, 0) is 14.3 Å². The van der Waals surface area contributed by atoms with Gasteiger partial charge in [-0.15, -0.1) is 11.6 Å². The summed E-state index contributed by atoms with van der Waals surface area (Å²) in [6.45, 7) is 1.75. The molecule has 1 heterocycles. The summed E-state index contributed by atoms with van der Waals surface area (Å²) in [4.78, 5) is 24.8. The van der Waals surface area contributed by atoms with E-state index in [1.807, 2.05) is 0 Å². The van der Waals surface area contributed by atoms with E-state index in [4.69, 9.17) is 11.6 Å². The molecule has 1 amide bonds. The lowest BCUT2D eigenvalue weighted by atomic mass is 9.92. The predicted molar refractivity (Wildman–Crippen MR) is 62.6 cm³/mol. The van der Waals surface area contributed by atoms with E-state index in [1.165, 1.54) is 12.0 Å². The number of esters is 1. The molecule has 0 bridgehead atoms. The van der Waals surface area contributed by atoms with Crippen LogP contribution < -0.4 is 0 Å². The van der Waals surface area contributed by atoms with Gasteiger partial charge in [0.15, 0.2) is 0 Å². The van der Waals surface area contributed by atoms with Crippen LogP contribution in [0.4, 0.5) is 0 Å². The lowest BCUT2D eigenvalue weighted by Crippen LogP contribution is -2.52. The molecule has 0 aliphatic carbocycles. The first kappa shape index (κ1) is 14.3. The smallest absolute Gasteiger partial charge is 0.310 e. The number of hydrogen-bond acceptors (Lipinski definition) is 4. The molecule has 1 aliphatic rings. The van der Waals surface area contributed by atoms with Crippen LogP contribution >= 0.6 is 11.6 Å². The number of amides is 1. The minimum atomic E-state index is -0.652. The van der Waals surface area contributed by atoms with Gasteiger partial charge in [0.25, 0.3) is 0 Å². The van der Waals surface area contributed by atoms with E-state index in [0.29, 0.717) is 12.8 Å². The minimum absolute atomic E-state index is 0.108. The Bertz CT molecular complexity index is 295. The summed E-state index contributed by atoms with van der Waals surface area (Å²) in [6.07, 6.45) is 1.21. The highest BCUT2D eigenvalue weighted by molar-refractivity contribution is 6.30. The van der Waals surface area contributed by atoms with Crippen molar-refractivity contribution in [3.8, 4) is 0 Å². The molecule has 0 saturated carbocycles. The number of methoxy groups -OCH3 is 1. The average Bonchev–Trinajstić information content (AvgIpc) is 2.35. The van der Waals surface area contributed by atoms with Gasteiger partial charge in [0.1, 0.15) is 5.38 Å². The van der Waals surface area contributed by atoms with E-state index in [1.54, 1.807) is 6.92 Å². The highest BCUT2D eigenvalue weighted by atomic mass is 35.5. The topological polar surface area (TPSA) is 66.8 Å². The third kappa shape index (κ3) is 3.33. The normalized spacial score (nSPS) is 26.5. The van der Waals surface area contributed by atoms with E-state index in [2.05, 4.69) is 4.74 Å². The summed E-state index contributed by atoms with van der Waals surface area (Å²) in [5.74, 6) is -0.886. The Labute approximate surface area is 106 Å². The van der Waals surface area contributed by atoms with E-state index >= 15 is 0 Å². The second-order valence-corrected chi connectivity index (χ2v) is 4.90. The minimum Gasteiger partial charge on any atom is -0.469 e. The predicted octanol–water partition coefficient (Wildman–Crippen LogP) is 0.386. The number of alkyl halides is 1. The van der Waals surface area contributed by atoms with Crippen molar-refractivity contribution in [2.45, 2.75) is 31.2 Å². The van der Waals surface area contributed by atoms with Gasteiger partial charge in [-0.25, -0.2) is 0 Å². The van der Waals surface area contributed by atoms with Crippen molar-refractivity contribution in [3.05, 3.63) is 0 Å². The molecule has 1 saturated heterocycles. The number of ether oxygens (including phenoxy) is 1. The number of aliphatic hydroxyl groups excluding tert-OH is 1. The SMILES string of the molecule is COC(=O)[C@@H]1CC[C@@H](CO)N(C(=O)C(C)Cl)C1. The second-order valence-electron chi connectivity index (χ2n) is 4.24. The van der Waals surface area contributed by atoms with Crippen LogP contribution in [-0.4, -0.2) is 53.6 Å². The van der Waals surface area contributed by atoms with Gasteiger partial charge in [0, 0.05) is 6.54 Å². The molecule has 5 nitrogen and oxygen atoms in total. The fraction of sp³-hybridized carbons (Fsp3) is 0.818. The van der Waals surface area contributed by atoms with Crippen molar-refractivity contribution in [3.63, 3.8) is 0 Å². The molecular formula is C11H18ClNO4. The van der Waals surface area contributed by atoms with Crippen LogP contribution in [0, 0.1) is 5.92 Å². The van der Waals surface area contributed by atoms with E-state index < -0.39 is 5.38 Å². The van der Waals surface area contributed by atoms with Crippen molar-refractivity contribution in [1.29, 1.82) is 0 Å². The second kappa shape index (κ2) is 6.21.